The van der Waals surface area contributed by atoms with Gasteiger partial charge in [0.1, 0.15) is 0 Å². The molecule has 58 heavy (non-hydrogen) atoms. The number of aliphatic hydroxyl groups excluding tert-OH is 1. The summed E-state index contributed by atoms with van der Waals surface area (Å²) in [6, 6.07) is 0. The minimum absolute atomic E-state index is 0.0640. The Balaban J connectivity index is 4.52. The van der Waals surface area contributed by atoms with Crippen LogP contribution in [0.5, 0.6) is 0 Å². The van der Waals surface area contributed by atoms with Crippen molar-refractivity contribution in [3.8, 4) is 0 Å². The summed E-state index contributed by atoms with van der Waals surface area (Å²) >= 11 is 0. The summed E-state index contributed by atoms with van der Waals surface area (Å²) in [5.74, 6) is -0.258. The van der Waals surface area contributed by atoms with Crippen LogP contribution >= 0.6 is 0 Å². The second-order valence-corrected chi connectivity index (χ2v) is 16.9. The van der Waals surface area contributed by atoms with Gasteiger partial charge < -0.3 is 33.7 Å². The van der Waals surface area contributed by atoms with Crippen LogP contribution in [0, 0.1) is 0 Å². The molecular weight excluding hydrogens is 731 g/mol. The molecule has 9 heteroatoms. The molecule has 0 radical (unpaired) electrons. The second kappa shape index (κ2) is 45.3. The maximum absolute atomic E-state index is 13.3. The minimum atomic E-state index is -0.927. The number of nitrogens with zero attached hydrogens (tertiary/aromatic N) is 1. The second-order valence-electron chi connectivity index (χ2n) is 16.9. The third kappa shape index (κ3) is 38.9. The van der Waals surface area contributed by atoms with Crippen LogP contribution < -0.4 is 0 Å². The molecule has 0 aromatic rings. The third-order valence-electron chi connectivity index (χ3n) is 11.0. The van der Waals surface area contributed by atoms with E-state index in [1.807, 2.05) is 0 Å². The highest BCUT2D eigenvalue weighted by Gasteiger charge is 2.36. The van der Waals surface area contributed by atoms with Crippen molar-refractivity contribution in [2.75, 3.05) is 72.5 Å². The summed E-state index contributed by atoms with van der Waals surface area (Å²) in [6.45, 7) is 15.0. The number of rotatable bonds is 48. The lowest BCUT2D eigenvalue weighted by molar-refractivity contribution is -0.188. The lowest BCUT2D eigenvalue weighted by Gasteiger charge is -2.33. The Labute approximate surface area is 359 Å². The van der Waals surface area contributed by atoms with Crippen LogP contribution in [0.3, 0.4) is 0 Å². The lowest BCUT2D eigenvalue weighted by Crippen LogP contribution is -2.49. The molecule has 0 spiro atoms. The van der Waals surface area contributed by atoms with Crippen molar-refractivity contribution in [2.45, 2.75) is 232 Å². The van der Waals surface area contributed by atoms with Gasteiger partial charge in [-0.1, -0.05) is 163 Å². The molecule has 0 atom stereocenters. The van der Waals surface area contributed by atoms with E-state index in [-0.39, 0.29) is 18.5 Å². The van der Waals surface area contributed by atoms with Gasteiger partial charge in [-0.05, 0) is 64.5 Å². The maximum atomic E-state index is 13.3. The van der Waals surface area contributed by atoms with Crippen molar-refractivity contribution in [1.82, 2.24) is 4.90 Å². The molecular formula is C49H97NO8. The molecule has 0 fully saturated rings. The SMILES string of the molecule is CCCCCCCCCCCOC(=O)CCCCCN(CCO)CCCCCCCC(=O)OC(COCCCCCC)(COCCCCCC)COCCCCCC. The summed E-state index contributed by atoms with van der Waals surface area (Å²) in [7, 11) is 0. The van der Waals surface area contributed by atoms with Gasteiger partial charge >= 0.3 is 11.9 Å². The van der Waals surface area contributed by atoms with Crippen molar-refractivity contribution >= 4 is 11.9 Å². The van der Waals surface area contributed by atoms with E-state index in [1.165, 1.54) is 83.5 Å². The normalized spacial score (nSPS) is 11.8. The molecule has 9 nitrogen and oxygen atoms in total. The third-order valence-corrected chi connectivity index (χ3v) is 11.0. The number of aliphatic hydroxyl groups is 1. The molecule has 0 aliphatic heterocycles. The molecule has 0 saturated heterocycles. The minimum Gasteiger partial charge on any atom is -0.466 e. The average Bonchev–Trinajstić information content (AvgIpc) is 3.21. The zero-order valence-electron chi connectivity index (χ0n) is 39.0. The number of esters is 2. The highest BCUT2D eigenvalue weighted by atomic mass is 16.6. The fourth-order valence-electron chi connectivity index (χ4n) is 7.24. The van der Waals surface area contributed by atoms with E-state index in [1.54, 1.807) is 0 Å². The zero-order chi connectivity index (χ0) is 42.5. The van der Waals surface area contributed by atoms with Gasteiger partial charge in [-0.2, -0.15) is 0 Å². The molecule has 346 valence electrons. The quantitative estimate of drug-likeness (QED) is 0.0474. The molecule has 0 aliphatic carbocycles. The van der Waals surface area contributed by atoms with Crippen molar-refractivity contribution in [2.24, 2.45) is 0 Å². The number of ether oxygens (including phenoxy) is 5. The highest BCUT2D eigenvalue weighted by molar-refractivity contribution is 5.70. The first kappa shape index (κ1) is 56.7. The van der Waals surface area contributed by atoms with E-state index < -0.39 is 5.60 Å². The zero-order valence-corrected chi connectivity index (χ0v) is 39.0. The van der Waals surface area contributed by atoms with Crippen LogP contribution in [-0.2, 0) is 33.3 Å². The Bertz CT molecular complexity index is 818. The van der Waals surface area contributed by atoms with Crippen molar-refractivity contribution in [3.63, 3.8) is 0 Å². The molecule has 0 aromatic heterocycles. The molecule has 0 unspecified atom stereocenters. The molecule has 0 aromatic carbocycles. The Hall–Kier alpha value is -1.26. The van der Waals surface area contributed by atoms with Crippen LogP contribution in [0.2, 0.25) is 0 Å². The number of unbranched alkanes of at least 4 members (excludes halogenated alkanes) is 23. The summed E-state index contributed by atoms with van der Waals surface area (Å²) in [5.41, 5.74) is -0.927. The molecule has 0 rings (SSSR count). The van der Waals surface area contributed by atoms with Crippen LogP contribution in [-0.4, -0.2) is 100 Å². The van der Waals surface area contributed by atoms with E-state index in [2.05, 4.69) is 32.6 Å². The summed E-state index contributed by atoms with van der Waals surface area (Å²) in [6.07, 6.45) is 33.7. The van der Waals surface area contributed by atoms with Gasteiger partial charge in [0.05, 0.1) is 33.0 Å². The van der Waals surface area contributed by atoms with Gasteiger partial charge in [-0.15, -0.1) is 0 Å². The van der Waals surface area contributed by atoms with E-state index in [4.69, 9.17) is 23.7 Å². The highest BCUT2D eigenvalue weighted by Crippen LogP contribution is 2.19. The summed E-state index contributed by atoms with van der Waals surface area (Å²) in [4.78, 5) is 27.8. The molecule has 0 saturated carbocycles. The predicted octanol–water partition coefficient (Wildman–Crippen LogP) is 12.3. The van der Waals surface area contributed by atoms with Gasteiger partial charge in [0.15, 0.2) is 5.60 Å². The molecule has 1 N–H and O–H groups in total. The van der Waals surface area contributed by atoms with Crippen molar-refractivity contribution < 1.29 is 38.4 Å². The number of hydrogen-bond donors (Lipinski definition) is 1. The first-order chi connectivity index (χ1) is 28.5. The molecule has 0 aliphatic rings. The maximum Gasteiger partial charge on any atom is 0.306 e. The van der Waals surface area contributed by atoms with E-state index in [0.717, 1.165) is 116 Å². The van der Waals surface area contributed by atoms with Crippen LogP contribution in [0.1, 0.15) is 227 Å². The molecule has 0 amide bonds. The van der Waals surface area contributed by atoms with E-state index in [9.17, 15) is 14.7 Å². The van der Waals surface area contributed by atoms with Gasteiger partial charge in [0, 0.05) is 39.2 Å². The van der Waals surface area contributed by atoms with Gasteiger partial charge in [0.25, 0.3) is 0 Å². The number of carbonyl (C=O) groups excluding carboxylic acids is 2. The monoisotopic (exact) mass is 828 g/mol. The smallest absolute Gasteiger partial charge is 0.306 e. The number of carbonyl (C=O) groups is 2. The summed E-state index contributed by atoms with van der Waals surface area (Å²) in [5, 5.41) is 9.62. The van der Waals surface area contributed by atoms with Crippen LogP contribution in [0.4, 0.5) is 0 Å². The average molecular weight is 828 g/mol. The fraction of sp³-hybridized carbons (Fsp3) is 0.959. The Morgan fingerprint density at radius 2 is 0.759 bits per heavy atom. The van der Waals surface area contributed by atoms with Crippen LogP contribution in [0.25, 0.3) is 0 Å². The van der Waals surface area contributed by atoms with Gasteiger partial charge in [0.2, 0.25) is 0 Å². The van der Waals surface area contributed by atoms with Crippen molar-refractivity contribution in [3.05, 3.63) is 0 Å². The first-order valence-electron chi connectivity index (χ1n) is 24.9. The number of hydrogen-bond acceptors (Lipinski definition) is 9. The Kier molecular flexibility index (Phi) is 44.3. The standard InChI is InChI=1S/C49H97NO8/c1-5-9-13-17-18-19-20-24-33-43-57-47(52)34-27-25-29-37-50(38-39-51)36-28-23-21-22-26-35-48(53)58-49(44-54-40-30-14-10-6-2,45-55-41-31-15-11-7-3)46-56-42-32-16-12-8-4/h51H,5-46H2,1-4H3. The largest absolute Gasteiger partial charge is 0.466 e. The van der Waals surface area contributed by atoms with Gasteiger partial charge in [-0.3, -0.25) is 9.59 Å². The molecule has 0 bridgehead atoms. The van der Waals surface area contributed by atoms with E-state index >= 15 is 0 Å². The Morgan fingerprint density at radius 3 is 1.21 bits per heavy atom. The lowest BCUT2D eigenvalue weighted by atomic mass is 10.1. The topological polar surface area (TPSA) is 104 Å². The fourth-order valence-corrected chi connectivity index (χ4v) is 7.24. The van der Waals surface area contributed by atoms with E-state index in [0.29, 0.717) is 65.6 Å². The van der Waals surface area contributed by atoms with Crippen LogP contribution in [0.15, 0.2) is 0 Å². The van der Waals surface area contributed by atoms with Crippen molar-refractivity contribution in [1.29, 1.82) is 0 Å². The Morgan fingerprint density at radius 1 is 0.414 bits per heavy atom. The summed E-state index contributed by atoms with van der Waals surface area (Å²) < 4.78 is 30.2. The molecule has 0 heterocycles. The predicted molar refractivity (Wildman–Crippen MR) is 242 cm³/mol. The van der Waals surface area contributed by atoms with Gasteiger partial charge in [-0.25, -0.2) is 0 Å². The first-order valence-corrected chi connectivity index (χ1v) is 24.9.